The van der Waals surface area contributed by atoms with Gasteiger partial charge in [-0.2, -0.15) is 0 Å². The monoisotopic (exact) mass is 385 g/mol. The number of ether oxygens (including phenoxy) is 1. The minimum atomic E-state index is -0.557. The van der Waals surface area contributed by atoms with E-state index in [-0.39, 0.29) is 28.2 Å². The Morgan fingerprint density at radius 2 is 2.11 bits per heavy atom. The lowest BCUT2D eigenvalue weighted by Gasteiger charge is -2.16. The second-order valence-corrected chi connectivity index (χ2v) is 7.63. The molecule has 0 aromatic heterocycles. The number of hydrogen-bond acceptors (Lipinski definition) is 6. The number of aryl methyl sites for hydroxylation is 1. The third-order valence-corrected chi connectivity index (χ3v) is 5.15. The quantitative estimate of drug-likeness (QED) is 0.582. The third kappa shape index (κ3) is 4.11. The van der Waals surface area contributed by atoms with Crippen molar-refractivity contribution < 1.29 is 14.5 Å². The summed E-state index contributed by atoms with van der Waals surface area (Å²) in [6.07, 6.45) is 0. The summed E-state index contributed by atoms with van der Waals surface area (Å²) in [5.74, 6) is -0.196. The number of aliphatic imine (C=N–C) groups is 1. The zero-order valence-corrected chi connectivity index (χ0v) is 16.0. The van der Waals surface area contributed by atoms with Crippen molar-refractivity contribution in [2.24, 2.45) is 4.99 Å². The Hall–Kier alpha value is -2.87. The fourth-order valence-corrected chi connectivity index (χ4v) is 3.83. The Balaban J connectivity index is 1.95. The van der Waals surface area contributed by atoms with Crippen LogP contribution in [0.2, 0.25) is 0 Å². The highest BCUT2D eigenvalue weighted by Gasteiger charge is 2.32. The molecule has 1 aliphatic heterocycles. The smallest absolute Gasteiger partial charge is 0.311 e. The molecule has 140 valence electrons. The fraction of sp³-hybridized carbons (Fsp3) is 0.263. The number of nitro benzene ring substituents is 1. The Labute approximate surface area is 161 Å². The first-order valence-electron chi connectivity index (χ1n) is 8.35. The van der Waals surface area contributed by atoms with Crippen LogP contribution in [0.15, 0.2) is 47.5 Å². The van der Waals surface area contributed by atoms with Crippen molar-refractivity contribution in [1.29, 1.82) is 0 Å². The van der Waals surface area contributed by atoms with Crippen molar-refractivity contribution >= 4 is 34.2 Å². The molecule has 1 saturated heterocycles. The average molecular weight is 385 g/mol. The molecule has 7 nitrogen and oxygen atoms in total. The van der Waals surface area contributed by atoms with Crippen LogP contribution in [0, 0.1) is 17.0 Å². The molecule has 27 heavy (non-hydrogen) atoms. The first-order chi connectivity index (χ1) is 12.9. The summed E-state index contributed by atoms with van der Waals surface area (Å²) < 4.78 is 5.00. The van der Waals surface area contributed by atoms with E-state index in [0.717, 1.165) is 11.3 Å². The number of amides is 1. The van der Waals surface area contributed by atoms with Crippen LogP contribution in [0.1, 0.15) is 22.8 Å². The molecule has 0 N–H and O–H groups in total. The molecule has 0 spiro atoms. The van der Waals surface area contributed by atoms with E-state index in [4.69, 9.17) is 4.74 Å². The van der Waals surface area contributed by atoms with Gasteiger partial charge in [0.2, 0.25) is 0 Å². The highest BCUT2D eigenvalue weighted by atomic mass is 32.2. The van der Waals surface area contributed by atoms with Crippen molar-refractivity contribution in [1.82, 2.24) is 4.90 Å². The summed E-state index contributed by atoms with van der Waals surface area (Å²) in [6, 6.07) is 11.9. The molecular weight excluding hydrogens is 366 g/mol. The Kier molecular flexibility index (Phi) is 5.46. The van der Waals surface area contributed by atoms with Gasteiger partial charge >= 0.3 is 5.69 Å². The van der Waals surface area contributed by atoms with Gasteiger partial charge in [-0.1, -0.05) is 30.8 Å². The summed E-state index contributed by atoms with van der Waals surface area (Å²) >= 11 is 1.51. The van der Waals surface area contributed by atoms with Crippen molar-refractivity contribution in [2.75, 3.05) is 13.7 Å². The van der Waals surface area contributed by atoms with Gasteiger partial charge in [0.1, 0.15) is 0 Å². The van der Waals surface area contributed by atoms with E-state index in [1.165, 1.54) is 37.1 Å². The number of methoxy groups -OCH3 is 1. The summed E-state index contributed by atoms with van der Waals surface area (Å²) in [5, 5.41) is 12.0. The highest BCUT2D eigenvalue weighted by molar-refractivity contribution is 8.14. The maximum Gasteiger partial charge on any atom is 0.311 e. The van der Waals surface area contributed by atoms with Gasteiger partial charge in [-0.3, -0.25) is 19.8 Å². The van der Waals surface area contributed by atoms with E-state index in [2.05, 4.69) is 4.99 Å². The lowest BCUT2D eigenvalue weighted by molar-refractivity contribution is -0.385. The Morgan fingerprint density at radius 3 is 2.78 bits per heavy atom. The fourth-order valence-electron chi connectivity index (χ4n) is 2.80. The summed E-state index contributed by atoms with van der Waals surface area (Å²) in [7, 11) is 1.36. The predicted octanol–water partition coefficient (Wildman–Crippen LogP) is 4.18. The predicted molar refractivity (Wildman–Crippen MR) is 106 cm³/mol. The van der Waals surface area contributed by atoms with Crippen LogP contribution >= 0.6 is 11.8 Å². The number of carbonyl (C=O) groups excluding carboxylic acids is 1. The molecule has 3 rings (SSSR count). The molecule has 8 heteroatoms. The molecule has 1 fully saturated rings. The van der Waals surface area contributed by atoms with Crippen LogP contribution in [0.25, 0.3) is 0 Å². The van der Waals surface area contributed by atoms with Crippen LogP contribution in [0.4, 0.5) is 11.4 Å². The first-order valence-corrected chi connectivity index (χ1v) is 9.23. The number of carbonyl (C=O) groups is 1. The van der Waals surface area contributed by atoms with Gasteiger partial charge in [0.15, 0.2) is 10.9 Å². The first kappa shape index (κ1) is 18.9. The third-order valence-electron chi connectivity index (χ3n) is 4.07. The van der Waals surface area contributed by atoms with E-state index >= 15 is 0 Å². The number of rotatable bonds is 4. The van der Waals surface area contributed by atoms with Crippen molar-refractivity contribution in [3.8, 4) is 5.75 Å². The van der Waals surface area contributed by atoms with Gasteiger partial charge in [-0.05, 0) is 36.8 Å². The largest absolute Gasteiger partial charge is 0.490 e. The van der Waals surface area contributed by atoms with E-state index in [9.17, 15) is 14.9 Å². The molecule has 2 aromatic rings. The van der Waals surface area contributed by atoms with Crippen LogP contribution in [-0.4, -0.2) is 39.8 Å². The zero-order valence-electron chi connectivity index (χ0n) is 15.2. The normalized spacial score (nSPS) is 18.0. The SMILES string of the molecule is COc1ccc(C(=O)N2C[C@@H](C)SC2=Nc2cccc(C)c2)cc1[N+](=O)[O-]. The summed E-state index contributed by atoms with van der Waals surface area (Å²) in [4.78, 5) is 29.9. The Bertz CT molecular complexity index is 929. The molecule has 1 aliphatic rings. The van der Waals surface area contributed by atoms with Crippen molar-refractivity contribution in [3.63, 3.8) is 0 Å². The lowest BCUT2D eigenvalue weighted by atomic mass is 10.1. The van der Waals surface area contributed by atoms with Crippen molar-refractivity contribution in [2.45, 2.75) is 19.1 Å². The van der Waals surface area contributed by atoms with Gasteiger partial charge in [-0.25, -0.2) is 4.99 Å². The van der Waals surface area contributed by atoms with Crippen molar-refractivity contribution in [3.05, 3.63) is 63.7 Å². The molecular formula is C19H19N3O4S. The molecule has 1 atom stereocenters. The molecule has 0 aliphatic carbocycles. The van der Waals surface area contributed by atoms with Gasteiger partial charge in [0.25, 0.3) is 5.91 Å². The molecule has 1 amide bonds. The average Bonchev–Trinajstić information content (AvgIpc) is 3.00. The number of benzene rings is 2. The lowest BCUT2D eigenvalue weighted by Crippen LogP contribution is -2.32. The highest BCUT2D eigenvalue weighted by Crippen LogP contribution is 2.32. The van der Waals surface area contributed by atoms with Crippen LogP contribution in [-0.2, 0) is 0 Å². The number of nitro groups is 1. The van der Waals surface area contributed by atoms with Gasteiger partial charge < -0.3 is 4.74 Å². The summed E-state index contributed by atoms with van der Waals surface area (Å²) in [5.41, 5.74) is 1.84. The molecule has 0 saturated carbocycles. The van der Waals surface area contributed by atoms with E-state index in [1.807, 2.05) is 38.1 Å². The van der Waals surface area contributed by atoms with Gasteiger partial charge in [0, 0.05) is 23.4 Å². The number of hydrogen-bond donors (Lipinski definition) is 0. The molecule has 0 unspecified atom stereocenters. The topological polar surface area (TPSA) is 85.0 Å². The molecule has 2 aromatic carbocycles. The maximum absolute atomic E-state index is 13.0. The second-order valence-electron chi connectivity index (χ2n) is 6.22. The Morgan fingerprint density at radius 1 is 1.33 bits per heavy atom. The molecule has 0 bridgehead atoms. The molecule has 1 heterocycles. The van der Waals surface area contributed by atoms with E-state index in [0.29, 0.717) is 11.7 Å². The minimum Gasteiger partial charge on any atom is -0.490 e. The second kappa shape index (κ2) is 7.79. The standard InChI is InChI=1S/C19H19N3O4S/c1-12-5-4-6-15(9-12)20-19-21(11-13(2)27-19)18(23)14-7-8-17(26-3)16(10-14)22(24)25/h4-10,13H,11H2,1-3H3/t13-/m1/s1. The zero-order chi connectivity index (χ0) is 19.6. The summed E-state index contributed by atoms with van der Waals surface area (Å²) in [6.45, 7) is 4.49. The van der Waals surface area contributed by atoms with Crippen LogP contribution in [0.3, 0.4) is 0 Å². The van der Waals surface area contributed by atoms with Crippen LogP contribution in [0.5, 0.6) is 5.75 Å². The van der Waals surface area contributed by atoms with E-state index in [1.54, 1.807) is 4.90 Å². The number of nitrogens with zero attached hydrogens (tertiary/aromatic N) is 3. The van der Waals surface area contributed by atoms with Gasteiger partial charge in [0.05, 0.1) is 17.7 Å². The van der Waals surface area contributed by atoms with Gasteiger partial charge in [-0.15, -0.1) is 0 Å². The maximum atomic E-state index is 13.0. The van der Waals surface area contributed by atoms with E-state index < -0.39 is 4.92 Å². The molecule has 0 radical (unpaired) electrons. The minimum absolute atomic E-state index is 0.120. The number of thioether (sulfide) groups is 1. The number of amidine groups is 1. The van der Waals surface area contributed by atoms with Crippen LogP contribution < -0.4 is 4.74 Å².